The van der Waals surface area contributed by atoms with Gasteiger partial charge in [0.05, 0.1) is 14.2 Å². The molecule has 1 atom stereocenters. The number of hydrogen-bond acceptors (Lipinski definition) is 2. The van der Waals surface area contributed by atoms with Crippen LogP contribution in [-0.2, 0) is 16.6 Å². The monoisotopic (exact) mass is 925 g/mol. The zero-order chi connectivity index (χ0) is 51.0. The molecule has 0 saturated carbocycles. The summed E-state index contributed by atoms with van der Waals surface area (Å²) >= 11 is 0. The van der Waals surface area contributed by atoms with Crippen molar-refractivity contribution in [2.24, 2.45) is 21.7 Å². The minimum Gasteiger partial charge on any atom is -0.378 e. The normalized spacial score (nSPS) is 14.8. The van der Waals surface area contributed by atoms with Gasteiger partial charge in [0, 0.05) is 23.0 Å². The van der Waals surface area contributed by atoms with Crippen molar-refractivity contribution < 1.29 is 9.53 Å². The number of rotatable bonds is 5. The fourth-order valence-corrected chi connectivity index (χ4v) is 10.9. The zero-order valence-corrected chi connectivity index (χ0v) is 47.4. The summed E-state index contributed by atoms with van der Waals surface area (Å²) in [5.74, 6) is 0.197. The number of hydrogen-bond donors (Lipinski definition) is 0. The van der Waals surface area contributed by atoms with Gasteiger partial charge >= 0.3 is 0 Å². The summed E-state index contributed by atoms with van der Waals surface area (Å²) in [6, 6.07) is 52.7. The molecule has 0 N–H and O–H groups in total. The van der Waals surface area contributed by atoms with E-state index in [-0.39, 0.29) is 22.0 Å². The molecule has 1 aliphatic heterocycles. The molecule has 0 bridgehead atoms. The first-order valence-corrected chi connectivity index (χ1v) is 28.2. The number of carbonyl (C=O) groups excluding carboxylic acids is 1. The molecule has 1 saturated heterocycles. The highest BCUT2D eigenvalue weighted by atomic mass is 28.3. The molecular formula is C64H96O2Si. The Kier molecular flexibility index (Phi) is 22.0. The number of benzene rings is 5. The van der Waals surface area contributed by atoms with Crippen LogP contribution in [0.2, 0.25) is 23.2 Å². The highest BCUT2D eigenvalue weighted by Gasteiger charge is 2.46. The van der Waals surface area contributed by atoms with E-state index in [1.54, 1.807) is 0 Å². The van der Waals surface area contributed by atoms with Crippen molar-refractivity contribution in [1.29, 1.82) is 0 Å². The number of carbonyl (C=O) groups is 1. The van der Waals surface area contributed by atoms with Gasteiger partial charge in [0.1, 0.15) is 0 Å². The minimum absolute atomic E-state index is 0.0249. The SMILES string of the molecule is CC(C)(C)C(=O)c1ccccc1.CC(C)(C)C(c1ccccc1)(c1ccccc1)c1ccccc1.CC(C)(C)C1CCCCO1.CC(C)(C)Cc1ccccc1.CC(C)(C)[Si](C)(C)C(C)(C)C. The molecular weight excluding hydrogens is 829 g/mol. The smallest absolute Gasteiger partial charge is 0.168 e. The van der Waals surface area contributed by atoms with Gasteiger partial charge in [0.15, 0.2) is 5.78 Å². The lowest BCUT2D eigenvalue weighted by Crippen LogP contribution is -2.45. The fourth-order valence-electron chi connectivity index (χ4n) is 8.64. The highest BCUT2D eigenvalue weighted by molar-refractivity contribution is 6.82. The summed E-state index contributed by atoms with van der Waals surface area (Å²) in [5, 5.41) is 1.04. The minimum atomic E-state index is -1.11. The van der Waals surface area contributed by atoms with Crippen LogP contribution in [0.25, 0.3) is 0 Å². The Morgan fingerprint density at radius 1 is 0.493 bits per heavy atom. The van der Waals surface area contributed by atoms with Crippen LogP contribution in [0.3, 0.4) is 0 Å². The van der Waals surface area contributed by atoms with E-state index in [2.05, 4.69) is 238 Å². The Labute approximate surface area is 414 Å². The van der Waals surface area contributed by atoms with Crippen LogP contribution in [0.4, 0.5) is 0 Å². The molecule has 1 aliphatic rings. The molecule has 1 heterocycles. The highest BCUT2D eigenvalue weighted by Crippen LogP contribution is 2.52. The first-order chi connectivity index (χ1) is 30.8. The molecule has 0 amide bonds. The molecule has 67 heavy (non-hydrogen) atoms. The standard InChI is InChI=1S/C23H24.C11H14O.C11H16.C10H24Si.C9H18O/c1-22(2,3)23(19-13-7-4-8-14-19,20-15-9-5-10-16-20)21-17-11-6-12-18-21;1-11(2,3)10(12)9-7-5-4-6-8-9;1-11(2,3)9-10-7-5-4-6-8-10;1-9(2,3)11(7,8)10(4,5)6;1-9(2,3)8-6-4-5-7-10-8/h4-18H,1-3H3;4-8H,1-3H3;4-8H,9H2,1-3H3;1-8H3;8H,4-7H2,1-3H3. The maximum absolute atomic E-state index is 11.7. The van der Waals surface area contributed by atoms with Gasteiger partial charge in [-0.1, -0.05) is 289 Å². The summed E-state index contributed by atoms with van der Waals surface area (Å²) < 4.78 is 5.64. The first kappa shape index (κ1) is 59.1. The molecule has 1 fully saturated rings. The van der Waals surface area contributed by atoms with Crippen LogP contribution >= 0.6 is 0 Å². The Morgan fingerprint density at radius 3 is 1.07 bits per heavy atom. The molecule has 3 heteroatoms. The van der Waals surface area contributed by atoms with Gasteiger partial charge in [-0.15, -0.1) is 0 Å². The van der Waals surface area contributed by atoms with E-state index in [1.807, 2.05) is 51.1 Å². The van der Waals surface area contributed by atoms with Crippen molar-refractivity contribution in [3.05, 3.63) is 179 Å². The van der Waals surface area contributed by atoms with E-state index in [4.69, 9.17) is 4.74 Å². The van der Waals surface area contributed by atoms with Crippen molar-refractivity contribution in [3.63, 3.8) is 0 Å². The predicted octanol–water partition coefficient (Wildman–Crippen LogP) is 19.2. The molecule has 5 aromatic carbocycles. The Bertz CT molecular complexity index is 1980. The average Bonchev–Trinajstić information content (AvgIpc) is 3.24. The van der Waals surface area contributed by atoms with Gasteiger partial charge in [-0.3, -0.25) is 4.79 Å². The lowest BCUT2D eigenvalue weighted by molar-refractivity contribution is -0.0474. The number of Topliss-reactive ketones (excluding diaryl/α,β-unsaturated/α-hetero) is 1. The molecule has 368 valence electrons. The predicted molar refractivity (Wildman–Crippen MR) is 298 cm³/mol. The fraction of sp³-hybridized carbons (Fsp3) is 0.516. The topological polar surface area (TPSA) is 26.3 Å². The Hall–Kier alpha value is -4.05. The molecule has 0 spiro atoms. The molecule has 0 aliphatic carbocycles. The number of ether oxygens (including phenoxy) is 1. The zero-order valence-electron chi connectivity index (χ0n) is 46.4. The summed E-state index contributed by atoms with van der Waals surface area (Å²) in [6.07, 6.45) is 5.52. The third-order valence-corrected chi connectivity index (χ3v) is 21.4. The molecule has 5 aromatic rings. The summed E-state index contributed by atoms with van der Waals surface area (Å²) in [4.78, 5) is 11.7. The second kappa shape index (κ2) is 25.0. The van der Waals surface area contributed by atoms with Gasteiger partial charge in [-0.25, -0.2) is 0 Å². The van der Waals surface area contributed by atoms with Crippen molar-refractivity contribution in [3.8, 4) is 0 Å². The van der Waals surface area contributed by atoms with Crippen LogP contribution < -0.4 is 0 Å². The van der Waals surface area contributed by atoms with E-state index in [0.717, 1.165) is 18.6 Å². The van der Waals surface area contributed by atoms with Crippen LogP contribution in [0, 0.1) is 21.7 Å². The van der Waals surface area contributed by atoms with Crippen LogP contribution in [0.1, 0.15) is 177 Å². The first-order valence-electron chi connectivity index (χ1n) is 25.2. The molecule has 6 rings (SSSR count). The molecule has 0 aromatic heterocycles. The van der Waals surface area contributed by atoms with E-state index in [1.165, 1.54) is 41.5 Å². The summed E-state index contributed by atoms with van der Waals surface area (Å²) in [7, 11) is -1.11. The van der Waals surface area contributed by atoms with Gasteiger partial charge in [-0.2, -0.15) is 0 Å². The lowest BCUT2D eigenvalue weighted by Gasteiger charge is -2.47. The number of ketones is 1. The van der Waals surface area contributed by atoms with Gasteiger partial charge in [0.25, 0.3) is 0 Å². The Balaban J connectivity index is 0.000000303. The van der Waals surface area contributed by atoms with Crippen molar-refractivity contribution >= 4 is 13.9 Å². The quantitative estimate of drug-likeness (QED) is 0.0997. The van der Waals surface area contributed by atoms with Crippen molar-refractivity contribution in [2.75, 3.05) is 6.61 Å². The molecule has 1 unspecified atom stereocenters. The van der Waals surface area contributed by atoms with E-state index in [0.29, 0.717) is 27.0 Å². The van der Waals surface area contributed by atoms with Crippen LogP contribution in [0.5, 0.6) is 0 Å². The van der Waals surface area contributed by atoms with E-state index < -0.39 is 8.07 Å². The lowest BCUT2D eigenvalue weighted by atomic mass is 9.56. The third-order valence-electron chi connectivity index (χ3n) is 13.9. The van der Waals surface area contributed by atoms with Gasteiger partial charge in [-0.05, 0) is 74.3 Å². The van der Waals surface area contributed by atoms with Crippen LogP contribution in [0.15, 0.2) is 152 Å². The third kappa shape index (κ3) is 18.4. The van der Waals surface area contributed by atoms with Crippen molar-refractivity contribution in [1.82, 2.24) is 0 Å². The van der Waals surface area contributed by atoms with Gasteiger partial charge in [0.2, 0.25) is 0 Å². The average molecular weight is 926 g/mol. The summed E-state index contributed by atoms with van der Waals surface area (Å²) in [5.41, 5.74) is 6.56. The molecule has 0 radical (unpaired) electrons. The summed E-state index contributed by atoms with van der Waals surface area (Å²) in [6.45, 7) is 46.6. The van der Waals surface area contributed by atoms with Crippen molar-refractivity contribution in [2.45, 2.75) is 185 Å². The van der Waals surface area contributed by atoms with Gasteiger partial charge < -0.3 is 4.74 Å². The maximum Gasteiger partial charge on any atom is 0.168 e. The second-order valence-electron chi connectivity index (χ2n) is 25.6. The largest absolute Gasteiger partial charge is 0.378 e. The van der Waals surface area contributed by atoms with Crippen LogP contribution in [-0.4, -0.2) is 26.6 Å². The second-order valence-corrected chi connectivity index (χ2v) is 31.9. The van der Waals surface area contributed by atoms with E-state index in [9.17, 15) is 4.79 Å². The maximum atomic E-state index is 11.7. The van der Waals surface area contributed by atoms with E-state index >= 15 is 0 Å². The molecule has 2 nitrogen and oxygen atoms in total. The Morgan fingerprint density at radius 2 is 0.836 bits per heavy atom.